The monoisotopic (exact) mass is 368 g/mol. The molecule has 2 amide bonds. The van der Waals surface area contributed by atoms with Gasteiger partial charge in [0.2, 0.25) is 0 Å². The fourth-order valence-corrected chi connectivity index (χ4v) is 2.61. The van der Waals surface area contributed by atoms with Crippen LogP contribution in [0.1, 0.15) is 22.8 Å². The Labute approximate surface area is 155 Å². The van der Waals surface area contributed by atoms with Crippen LogP contribution in [0.4, 0.5) is 16.3 Å². The molecule has 3 aromatic rings. The number of carbonyl (C=O) groups excluding carboxylic acids is 2. The summed E-state index contributed by atoms with van der Waals surface area (Å²) < 4.78 is 1.69. The topological polar surface area (TPSA) is 76.0 Å². The van der Waals surface area contributed by atoms with Gasteiger partial charge < -0.3 is 5.32 Å². The van der Waals surface area contributed by atoms with Gasteiger partial charge in [-0.05, 0) is 30.7 Å². The maximum absolute atomic E-state index is 12.1. The van der Waals surface area contributed by atoms with Crippen molar-refractivity contribution in [1.82, 2.24) is 9.78 Å². The highest BCUT2D eigenvalue weighted by atomic mass is 35.5. The normalized spacial score (nSPS) is 10.4. The lowest BCUT2D eigenvalue weighted by atomic mass is 10.1. The third-order valence-corrected chi connectivity index (χ3v) is 4.07. The molecule has 1 heterocycles. The van der Waals surface area contributed by atoms with Gasteiger partial charge in [-0.2, -0.15) is 5.10 Å². The molecule has 2 N–H and O–H groups in total. The number of carbonyl (C=O) groups is 2. The Balaban J connectivity index is 1.62. The largest absolute Gasteiger partial charge is 0.324 e. The molecule has 0 aliphatic rings. The van der Waals surface area contributed by atoms with E-state index in [1.807, 2.05) is 24.3 Å². The van der Waals surface area contributed by atoms with Crippen LogP contribution in [0.5, 0.6) is 0 Å². The number of nitrogens with one attached hydrogen (secondary N) is 2. The first-order valence-corrected chi connectivity index (χ1v) is 8.35. The van der Waals surface area contributed by atoms with Crippen LogP contribution in [-0.2, 0) is 6.54 Å². The third kappa shape index (κ3) is 4.49. The molecule has 2 aromatic carbocycles. The average molecular weight is 369 g/mol. The summed E-state index contributed by atoms with van der Waals surface area (Å²) in [6.45, 7) is 1.98. The van der Waals surface area contributed by atoms with Gasteiger partial charge in [0, 0.05) is 28.5 Å². The molecule has 0 atom stereocenters. The number of rotatable bonds is 5. The van der Waals surface area contributed by atoms with Gasteiger partial charge in [0.05, 0.1) is 6.54 Å². The summed E-state index contributed by atoms with van der Waals surface area (Å²) in [5, 5.41) is 10.3. The van der Waals surface area contributed by atoms with E-state index in [9.17, 15) is 9.59 Å². The van der Waals surface area contributed by atoms with E-state index in [0.717, 1.165) is 5.56 Å². The van der Waals surface area contributed by atoms with Crippen LogP contribution < -0.4 is 10.6 Å². The van der Waals surface area contributed by atoms with Gasteiger partial charge in [0.1, 0.15) is 0 Å². The number of nitrogens with zero attached hydrogens (tertiary/aromatic N) is 2. The number of urea groups is 1. The van der Waals surface area contributed by atoms with Crippen LogP contribution in [0.15, 0.2) is 60.8 Å². The zero-order valence-electron chi connectivity index (χ0n) is 14.1. The fourth-order valence-electron chi connectivity index (χ4n) is 2.41. The first-order chi connectivity index (χ1) is 12.5. The summed E-state index contributed by atoms with van der Waals surface area (Å²) >= 11 is 6.15. The van der Waals surface area contributed by atoms with E-state index in [1.165, 1.54) is 6.92 Å². The molecule has 6 nitrogen and oxygen atoms in total. The highest BCUT2D eigenvalue weighted by molar-refractivity contribution is 6.31. The Kier molecular flexibility index (Phi) is 5.34. The van der Waals surface area contributed by atoms with Crippen molar-refractivity contribution in [3.05, 3.63) is 76.9 Å². The van der Waals surface area contributed by atoms with E-state index in [4.69, 9.17) is 11.6 Å². The van der Waals surface area contributed by atoms with Crippen molar-refractivity contribution in [2.45, 2.75) is 13.5 Å². The molecule has 1 aromatic heterocycles. The van der Waals surface area contributed by atoms with Crippen molar-refractivity contribution in [1.29, 1.82) is 0 Å². The lowest BCUT2D eigenvalue weighted by molar-refractivity contribution is 0.101. The van der Waals surface area contributed by atoms with E-state index in [1.54, 1.807) is 41.2 Å². The van der Waals surface area contributed by atoms with Crippen molar-refractivity contribution in [3.63, 3.8) is 0 Å². The molecule has 3 rings (SSSR count). The number of amides is 2. The molecule has 0 fully saturated rings. The molecule has 0 unspecified atom stereocenters. The molecule has 0 bridgehead atoms. The van der Waals surface area contributed by atoms with Crippen molar-refractivity contribution in [3.8, 4) is 0 Å². The van der Waals surface area contributed by atoms with Gasteiger partial charge in [-0.3, -0.25) is 14.8 Å². The molecule has 0 aliphatic carbocycles. The maximum atomic E-state index is 12.1. The van der Waals surface area contributed by atoms with Crippen LogP contribution >= 0.6 is 11.6 Å². The van der Waals surface area contributed by atoms with Gasteiger partial charge in [-0.1, -0.05) is 41.9 Å². The molecular formula is C19H17ClN4O2. The van der Waals surface area contributed by atoms with Gasteiger partial charge in [0.25, 0.3) is 0 Å². The zero-order valence-corrected chi connectivity index (χ0v) is 14.8. The van der Waals surface area contributed by atoms with E-state index in [2.05, 4.69) is 15.7 Å². The maximum Gasteiger partial charge on any atom is 0.324 e. The van der Waals surface area contributed by atoms with Crippen molar-refractivity contribution < 1.29 is 9.59 Å². The van der Waals surface area contributed by atoms with Gasteiger partial charge in [0.15, 0.2) is 11.6 Å². The number of hydrogen-bond donors (Lipinski definition) is 2. The third-order valence-electron chi connectivity index (χ3n) is 3.70. The minimum atomic E-state index is -0.436. The number of aromatic nitrogens is 2. The van der Waals surface area contributed by atoms with Crippen LogP contribution in [0.3, 0.4) is 0 Å². The molecule has 7 heteroatoms. The predicted molar refractivity (Wildman–Crippen MR) is 102 cm³/mol. The highest BCUT2D eigenvalue weighted by Gasteiger charge is 2.08. The minimum Gasteiger partial charge on any atom is -0.308 e. The Morgan fingerprint density at radius 3 is 2.65 bits per heavy atom. The number of hydrogen-bond acceptors (Lipinski definition) is 3. The van der Waals surface area contributed by atoms with Gasteiger partial charge in [-0.25, -0.2) is 4.79 Å². The van der Waals surface area contributed by atoms with E-state index < -0.39 is 6.03 Å². The Morgan fingerprint density at radius 2 is 1.88 bits per heavy atom. The second kappa shape index (κ2) is 7.84. The summed E-state index contributed by atoms with van der Waals surface area (Å²) in [5.41, 5.74) is 2.01. The number of benzene rings is 2. The summed E-state index contributed by atoms with van der Waals surface area (Å²) in [5.74, 6) is 0.352. The second-order valence-electron chi connectivity index (χ2n) is 5.71. The number of halogens is 1. The molecule has 0 aliphatic heterocycles. The molecule has 0 saturated heterocycles. The standard InChI is InChI=1S/C19H17ClN4O2/c1-13(25)14-6-4-7-16(11-14)21-19(26)22-18-9-10-24(23-18)12-15-5-2-3-8-17(15)20/h2-11H,12H2,1H3,(H2,21,22,23,26). The zero-order chi connectivity index (χ0) is 18.5. The van der Waals surface area contributed by atoms with Crippen molar-refractivity contribution in [2.75, 3.05) is 10.6 Å². The average Bonchev–Trinajstić information content (AvgIpc) is 3.04. The number of ketones is 1. The molecule has 0 spiro atoms. The smallest absolute Gasteiger partial charge is 0.308 e. The number of Topliss-reactive ketones (excluding diaryl/α,β-unsaturated/α-hetero) is 1. The summed E-state index contributed by atoms with van der Waals surface area (Å²) in [6.07, 6.45) is 1.76. The highest BCUT2D eigenvalue weighted by Crippen LogP contribution is 2.17. The van der Waals surface area contributed by atoms with Crippen LogP contribution in [0, 0.1) is 0 Å². The minimum absolute atomic E-state index is 0.0626. The Hall–Kier alpha value is -3.12. The van der Waals surface area contributed by atoms with Crippen molar-refractivity contribution in [2.24, 2.45) is 0 Å². The lowest BCUT2D eigenvalue weighted by Gasteiger charge is -2.07. The Bertz CT molecular complexity index is 952. The quantitative estimate of drug-likeness (QED) is 0.654. The van der Waals surface area contributed by atoms with E-state index in [-0.39, 0.29) is 5.78 Å². The first-order valence-electron chi connectivity index (χ1n) is 7.97. The first kappa shape index (κ1) is 17.7. The van der Waals surface area contributed by atoms with Crippen molar-refractivity contribution >= 4 is 34.9 Å². The molecular weight excluding hydrogens is 352 g/mol. The van der Waals surface area contributed by atoms with Crippen LogP contribution in [0.25, 0.3) is 0 Å². The van der Waals surface area contributed by atoms with E-state index >= 15 is 0 Å². The SMILES string of the molecule is CC(=O)c1cccc(NC(=O)Nc2ccn(Cc3ccccc3Cl)n2)c1. The van der Waals surface area contributed by atoms with Gasteiger partial charge in [-0.15, -0.1) is 0 Å². The molecule has 26 heavy (non-hydrogen) atoms. The molecule has 132 valence electrons. The summed E-state index contributed by atoms with van der Waals surface area (Å²) in [7, 11) is 0. The molecule has 0 radical (unpaired) electrons. The van der Waals surface area contributed by atoms with E-state index in [0.29, 0.717) is 28.6 Å². The van der Waals surface area contributed by atoms with Gasteiger partial charge >= 0.3 is 6.03 Å². The predicted octanol–water partition coefficient (Wildman–Crippen LogP) is 4.43. The Morgan fingerprint density at radius 1 is 1.08 bits per heavy atom. The second-order valence-corrected chi connectivity index (χ2v) is 6.11. The fraction of sp³-hybridized carbons (Fsp3) is 0.105. The summed E-state index contributed by atoms with van der Waals surface area (Å²) in [4.78, 5) is 23.5. The molecule has 0 saturated carbocycles. The summed E-state index contributed by atoms with van der Waals surface area (Å²) in [6, 6.07) is 15.5. The number of anilines is 2. The van der Waals surface area contributed by atoms with Crippen LogP contribution in [-0.4, -0.2) is 21.6 Å². The van der Waals surface area contributed by atoms with Crippen LogP contribution in [0.2, 0.25) is 5.02 Å². The lowest BCUT2D eigenvalue weighted by Crippen LogP contribution is -2.20.